The van der Waals surface area contributed by atoms with Crippen LogP contribution in [0.4, 0.5) is 0 Å². The molecular formula is C34H36N2O6. The van der Waals surface area contributed by atoms with Crippen molar-refractivity contribution in [3.8, 4) is 23.0 Å². The molecule has 8 aliphatic rings. The summed E-state index contributed by atoms with van der Waals surface area (Å²) in [6, 6.07) is 8.38. The molecule has 8 atom stereocenters. The van der Waals surface area contributed by atoms with Crippen molar-refractivity contribution < 1.29 is 29.3 Å². The first-order chi connectivity index (χ1) is 20.3. The minimum absolute atomic E-state index is 0.0398. The predicted molar refractivity (Wildman–Crippen MR) is 153 cm³/mol. The van der Waals surface area contributed by atoms with Gasteiger partial charge in [-0.15, -0.1) is 0 Å². The van der Waals surface area contributed by atoms with Gasteiger partial charge in [0.05, 0.1) is 5.41 Å². The Morgan fingerprint density at radius 2 is 1.40 bits per heavy atom. The topological polar surface area (TPSA) is 99.5 Å². The highest BCUT2D eigenvalue weighted by molar-refractivity contribution is 5.98. The van der Waals surface area contributed by atoms with Gasteiger partial charge in [-0.05, 0) is 94.5 Å². The van der Waals surface area contributed by atoms with Gasteiger partial charge in [0.1, 0.15) is 0 Å². The Kier molecular flexibility index (Phi) is 4.90. The largest absolute Gasteiger partial charge is 0.504 e. The summed E-state index contributed by atoms with van der Waals surface area (Å²) in [5.41, 5.74) is 4.35. The molecule has 0 unspecified atom stereocenters. The summed E-state index contributed by atoms with van der Waals surface area (Å²) < 4.78 is 12.0. The monoisotopic (exact) mass is 568 g/mol. The highest BCUT2D eigenvalue weighted by Crippen LogP contribution is 2.64. The quantitative estimate of drug-likeness (QED) is 0.501. The molecule has 3 fully saturated rings. The maximum absolute atomic E-state index is 12.5. The first kappa shape index (κ1) is 25.2. The molecule has 0 amide bonds. The summed E-state index contributed by atoms with van der Waals surface area (Å²) >= 11 is 0. The standard InChI is InChI=1S/C17H19NO3.C17H17NO3/c2*1-18-7-6-17-10-3-5-13(20)16(17)21-15-12(19)4-2-9(14(15)17)8-11(10)18/h2,4,10-11,16,19H,3,5-8H2,1H3;2-5,10-11,16,19H,6-8H2,1H3/t2*10-,11+,16-,17-/m00/s1. The van der Waals surface area contributed by atoms with Gasteiger partial charge in [0.25, 0.3) is 0 Å². The van der Waals surface area contributed by atoms with E-state index in [-0.39, 0.29) is 40.0 Å². The number of carbonyl (C=O) groups is 2. The van der Waals surface area contributed by atoms with Crippen LogP contribution in [-0.2, 0) is 33.3 Å². The molecule has 218 valence electrons. The maximum atomic E-state index is 12.5. The van der Waals surface area contributed by atoms with E-state index in [4.69, 9.17) is 9.47 Å². The highest BCUT2D eigenvalue weighted by atomic mass is 16.5. The lowest BCUT2D eigenvalue weighted by molar-refractivity contribution is -0.138. The second-order valence-electron chi connectivity index (χ2n) is 13.9. The van der Waals surface area contributed by atoms with Crippen LogP contribution in [0.2, 0.25) is 0 Å². The third kappa shape index (κ3) is 2.81. The number of ether oxygens (including phenoxy) is 2. The van der Waals surface area contributed by atoms with Crippen molar-refractivity contribution in [2.75, 3.05) is 27.2 Å². The summed E-state index contributed by atoms with van der Waals surface area (Å²) in [6.07, 6.45) is 8.38. The molecule has 42 heavy (non-hydrogen) atoms. The number of aromatic hydroxyl groups is 2. The number of likely N-dealkylation sites (tertiary alicyclic amines) is 2. The van der Waals surface area contributed by atoms with Crippen LogP contribution in [0.15, 0.2) is 36.4 Å². The molecule has 4 bridgehead atoms. The van der Waals surface area contributed by atoms with E-state index in [9.17, 15) is 19.8 Å². The van der Waals surface area contributed by atoms with Crippen LogP contribution in [0, 0.1) is 11.8 Å². The molecule has 2 saturated heterocycles. The number of hydrogen-bond acceptors (Lipinski definition) is 8. The van der Waals surface area contributed by atoms with E-state index in [2.05, 4.69) is 30.0 Å². The van der Waals surface area contributed by atoms with Crippen LogP contribution in [0.1, 0.15) is 47.9 Å². The van der Waals surface area contributed by atoms with Gasteiger partial charge in [-0.2, -0.15) is 0 Å². The smallest absolute Gasteiger partial charge is 0.196 e. The number of likely N-dealkylation sites (N-methyl/N-ethyl adjacent to an activating group) is 2. The van der Waals surface area contributed by atoms with Crippen molar-refractivity contribution in [3.05, 3.63) is 58.7 Å². The molecule has 8 heteroatoms. The number of hydrogen-bond donors (Lipinski definition) is 2. The van der Waals surface area contributed by atoms with E-state index >= 15 is 0 Å². The Morgan fingerprint density at radius 1 is 0.810 bits per heavy atom. The van der Waals surface area contributed by atoms with Crippen LogP contribution in [0.25, 0.3) is 0 Å². The summed E-state index contributed by atoms with van der Waals surface area (Å²) in [6.45, 7) is 1.97. The third-order valence-electron chi connectivity index (χ3n) is 12.4. The van der Waals surface area contributed by atoms with Gasteiger partial charge < -0.3 is 29.5 Å². The average Bonchev–Trinajstić information content (AvgIpc) is 3.52. The zero-order valence-corrected chi connectivity index (χ0v) is 24.0. The Hall–Kier alpha value is -3.36. The van der Waals surface area contributed by atoms with Gasteiger partial charge in [0.2, 0.25) is 0 Å². The van der Waals surface area contributed by atoms with Crippen molar-refractivity contribution in [1.82, 2.24) is 9.80 Å². The molecule has 8 nitrogen and oxygen atoms in total. The van der Waals surface area contributed by atoms with Crippen LogP contribution in [0.5, 0.6) is 23.0 Å². The highest BCUT2D eigenvalue weighted by Gasteiger charge is 2.66. The van der Waals surface area contributed by atoms with Crippen molar-refractivity contribution >= 4 is 11.6 Å². The number of phenols is 2. The summed E-state index contributed by atoms with van der Waals surface area (Å²) in [5, 5.41) is 20.4. The Balaban J connectivity index is 0.000000119. The zero-order valence-electron chi connectivity index (χ0n) is 24.0. The number of carbonyl (C=O) groups excluding carboxylic acids is 2. The number of nitrogens with zero attached hydrogens (tertiary/aromatic N) is 2. The molecule has 2 N–H and O–H groups in total. The minimum Gasteiger partial charge on any atom is -0.504 e. The van der Waals surface area contributed by atoms with Gasteiger partial charge in [0.15, 0.2) is 46.8 Å². The second-order valence-corrected chi connectivity index (χ2v) is 13.9. The number of piperidine rings is 2. The number of Topliss-reactive ketones (excluding diaryl/α,β-unsaturated/α-hetero) is 1. The van der Waals surface area contributed by atoms with Gasteiger partial charge >= 0.3 is 0 Å². The summed E-state index contributed by atoms with van der Waals surface area (Å²) in [4.78, 5) is 29.8. The Bertz CT molecular complexity index is 1610. The van der Waals surface area contributed by atoms with Crippen molar-refractivity contribution in [3.63, 3.8) is 0 Å². The van der Waals surface area contributed by atoms with Gasteiger partial charge in [-0.1, -0.05) is 18.2 Å². The molecule has 2 aromatic carbocycles. The molecule has 10 rings (SSSR count). The number of ketones is 2. The van der Waals surface area contributed by atoms with Crippen molar-refractivity contribution in [1.29, 1.82) is 0 Å². The van der Waals surface area contributed by atoms with Gasteiger partial charge in [0, 0.05) is 41.0 Å². The molecule has 2 spiro atoms. The summed E-state index contributed by atoms with van der Waals surface area (Å²) in [7, 11) is 4.37. The lowest BCUT2D eigenvalue weighted by atomic mass is 9.52. The predicted octanol–water partition coefficient (Wildman–Crippen LogP) is 3.04. The first-order valence-electron chi connectivity index (χ1n) is 15.4. The molecule has 1 saturated carbocycles. The molecule has 4 heterocycles. The lowest BCUT2D eigenvalue weighted by Crippen LogP contribution is -2.65. The van der Waals surface area contributed by atoms with Crippen molar-refractivity contribution in [2.24, 2.45) is 11.8 Å². The van der Waals surface area contributed by atoms with E-state index in [1.807, 2.05) is 12.1 Å². The van der Waals surface area contributed by atoms with Crippen LogP contribution < -0.4 is 9.47 Å². The molecule has 4 aliphatic heterocycles. The van der Waals surface area contributed by atoms with Gasteiger partial charge in [-0.3, -0.25) is 9.59 Å². The zero-order chi connectivity index (χ0) is 28.7. The fourth-order valence-corrected chi connectivity index (χ4v) is 10.6. The van der Waals surface area contributed by atoms with E-state index in [1.54, 1.807) is 18.2 Å². The van der Waals surface area contributed by atoms with E-state index < -0.39 is 6.10 Å². The second kappa shape index (κ2) is 8.17. The normalized spacial score (nSPS) is 39.5. The molecule has 2 aromatic rings. The van der Waals surface area contributed by atoms with Crippen LogP contribution in [-0.4, -0.2) is 83.1 Å². The number of rotatable bonds is 0. The van der Waals surface area contributed by atoms with E-state index in [0.717, 1.165) is 56.3 Å². The van der Waals surface area contributed by atoms with Crippen molar-refractivity contribution in [2.45, 2.75) is 73.6 Å². The average molecular weight is 569 g/mol. The fraction of sp³-hybridized carbons (Fsp3) is 0.529. The summed E-state index contributed by atoms with van der Waals surface area (Å²) in [5.74, 6) is 2.56. The first-order valence-corrected chi connectivity index (χ1v) is 15.4. The van der Waals surface area contributed by atoms with Crippen LogP contribution >= 0.6 is 0 Å². The fourth-order valence-electron chi connectivity index (χ4n) is 10.6. The number of benzene rings is 2. The number of phenolic OH excluding ortho intramolecular Hbond substituents is 2. The van der Waals surface area contributed by atoms with E-state index in [0.29, 0.717) is 41.8 Å². The van der Waals surface area contributed by atoms with Gasteiger partial charge in [-0.25, -0.2) is 0 Å². The Labute approximate surface area is 244 Å². The molecule has 0 aromatic heterocycles. The maximum Gasteiger partial charge on any atom is 0.196 e. The van der Waals surface area contributed by atoms with Crippen LogP contribution in [0.3, 0.4) is 0 Å². The lowest BCUT2D eigenvalue weighted by Gasteiger charge is -2.57. The molecule has 0 radical (unpaired) electrons. The van der Waals surface area contributed by atoms with E-state index in [1.165, 1.54) is 11.1 Å². The third-order valence-corrected chi connectivity index (χ3v) is 12.4. The Morgan fingerprint density at radius 3 is 2.12 bits per heavy atom. The molecular weight excluding hydrogens is 532 g/mol. The minimum atomic E-state index is -0.453. The SMILES string of the molecule is CN1CC[C@]23c4c5ccc(O)c4O[C@H]2C(=O)C=C[C@H]3[C@H]1C5.CN1CC[C@]23c4c5ccc(O)c4O[C@H]2C(=O)CC[C@H]3[C@H]1C5. The molecule has 4 aliphatic carbocycles.